The maximum atomic E-state index is 13.1. The quantitative estimate of drug-likeness (QED) is 0.573. The summed E-state index contributed by atoms with van der Waals surface area (Å²) >= 11 is 0. The van der Waals surface area contributed by atoms with E-state index in [2.05, 4.69) is 0 Å². The maximum absolute atomic E-state index is 13.1. The summed E-state index contributed by atoms with van der Waals surface area (Å²) < 4.78 is 21.8. The normalized spacial score (nSPS) is 16.8. The molecule has 3 aromatic carbocycles. The minimum absolute atomic E-state index is 0.0995. The fraction of sp³-hybridized carbons (Fsp3) is 0.231. The summed E-state index contributed by atoms with van der Waals surface area (Å²) in [6, 6.07) is 17.0. The Morgan fingerprint density at radius 3 is 1.97 bits per heavy atom. The topological polar surface area (TPSA) is 91.3 Å². The van der Waals surface area contributed by atoms with Crippen molar-refractivity contribution >= 4 is 11.8 Å². The lowest BCUT2D eigenvalue weighted by Gasteiger charge is -2.23. The fourth-order valence-electron chi connectivity index (χ4n) is 4.11. The highest BCUT2D eigenvalue weighted by molar-refractivity contribution is 6.11. The molecular formula is C26H24O7. The van der Waals surface area contributed by atoms with Gasteiger partial charge in [0.05, 0.1) is 27.8 Å². The first-order valence-corrected chi connectivity index (χ1v) is 10.4. The molecule has 7 heteroatoms. The number of benzene rings is 3. The molecule has 0 saturated heterocycles. The minimum Gasteiger partial charge on any atom is -0.493 e. The summed E-state index contributed by atoms with van der Waals surface area (Å²) in [6.07, 6.45) is -2.33. The molecule has 7 nitrogen and oxygen atoms in total. The summed E-state index contributed by atoms with van der Waals surface area (Å²) in [5.74, 6) is 0.455. The van der Waals surface area contributed by atoms with Crippen LogP contribution in [-0.2, 0) is 16.0 Å². The molecule has 0 unspecified atom stereocenters. The number of carbonyl (C=O) groups is 2. The monoisotopic (exact) mass is 448 g/mol. The van der Waals surface area contributed by atoms with Gasteiger partial charge in [-0.2, -0.15) is 0 Å². The highest BCUT2D eigenvalue weighted by Crippen LogP contribution is 2.41. The van der Waals surface area contributed by atoms with E-state index in [0.29, 0.717) is 45.1 Å². The van der Waals surface area contributed by atoms with Gasteiger partial charge in [0.2, 0.25) is 5.75 Å². The number of aliphatic hydroxyl groups excluding tert-OH is 1. The van der Waals surface area contributed by atoms with Gasteiger partial charge in [-0.3, -0.25) is 9.59 Å². The Morgan fingerprint density at radius 1 is 0.848 bits per heavy atom. The number of hydrogen-bond acceptors (Lipinski definition) is 7. The average Bonchev–Trinajstić information content (AvgIpc) is 2.93. The number of hydrogen-bond donors (Lipinski definition) is 1. The van der Waals surface area contributed by atoms with E-state index in [1.165, 1.54) is 21.3 Å². The first-order valence-electron chi connectivity index (χ1n) is 10.4. The molecule has 4 rings (SSSR count). The zero-order valence-electron chi connectivity index (χ0n) is 18.5. The predicted octanol–water partition coefficient (Wildman–Crippen LogP) is 3.82. The van der Waals surface area contributed by atoms with E-state index in [-0.39, 0.29) is 12.2 Å². The largest absolute Gasteiger partial charge is 0.493 e. The van der Waals surface area contributed by atoms with Crippen LogP contribution in [0.25, 0.3) is 0 Å². The van der Waals surface area contributed by atoms with Crippen molar-refractivity contribution in [3.05, 3.63) is 88.5 Å². The van der Waals surface area contributed by atoms with Gasteiger partial charge in [-0.05, 0) is 23.3 Å². The summed E-state index contributed by atoms with van der Waals surface area (Å²) in [4.78, 5) is 26.1. The molecule has 0 spiro atoms. The Labute approximate surface area is 191 Å². The maximum Gasteiger partial charge on any atom is 0.310 e. The van der Waals surface area contributed by atoms with E-state index in [9.17, 15) is 14.7 Å². The Kier molecular flexibility index (Phi) is 6.33. The second-order valence-electron chi connectivity index (χ2n) is 7.57. The van der Waals surface area contributed by atoms with Crippen LogP contribution in [0, 0.1) is 0 Å². The van der Waals surface area contributed by atoms with Gasteiger partial charge in [-0.1, -0.05) is 48.5 Å². The van der Waals surface area contributed by atoms with Gasteiger partial charge >= 0.3 is 5.97 Å². The molecular weight excluding hydrogens is 424 g/mol. The number of carbonyl (C=O) groups excluding carboxylic acids is 2. The molecule has 0 bridgehead atoms. The van der Waals surface area contributed by atoms with Gasteiger partial charge < -0.3 is 24.1 Å². The van der Waals surface area contributed by atoms with Gasteiger partial charge in [0.25, 0.3) is 0 Å². The molecule has 2 atom stereocenters. The van der Waals surface area contributed by atoms with Crippen molar-refractivity contribution in [1.82, 2.24) is 0 Å². The SMILES string of the molecule is COc1cc(CC(=O)O[C@H]2c3ccccc3C(=O)c3ccccc3[C@@H]2O)cc(OC)c1OC. The van der Waals surface area contributed by atoms with E-state index < -0.39 is 18.2 Å². The van der Waals surface area contributed by atoms with Crippen molar-refractivity contribution in [3.63, 3.8) is 0 Å². The highest BCUT2D eigenvalue weighted by atomic mass is 16.6. The molecule has 0 amide bonds. The van der Waals surface area contributed by atoms with Crippen LogP contribution in [0.4, 0.5) is 0 Å². The fourth-order valence-corrected chi connectivity index (χ4v) is 4.11. The number of ether oxygens (including phenoxy) is 4. The van der Waals surface area contributed by atoms with Crippen molar-refractivity contribution < 1.29 is 33.6 Å². The van der Waals surface area contributed by atoms with E-state index in [0.717, 1.165) is 0 Å². The molecule has 0 radical (unpaired) electrons. The molecule has 33 heavy (non-hydrogen) atoms. The third-order valence-electron chi connectivity index (χ3n) is 5.65. The molecule has 1 aliphatic carbocycles. The van der Waals surface area contributed by atoms with Gasteiger partial charge in [0, 0.05) is 16.7 Å². The summed E-state index contributed by atoms with van der Waals surface area (Å²) in [7, 11) is 4.48. The highest BCUT2D eigenvalue weighted by Gasteiger charge is 2.36. The van der Waals surface area contributed by atoms with E-state index in [1.54, 1.807) is 60.7 Å². The molecule has 0 aliphatic heterocycles. The third kappa shape index (κ3) is 4.15. The van der Waals surface area contributed by atoms with Gasteiger partial charge in [-0.15, -0.1) is 0 Å². The molecule has 170 valence electrons. The molecule has 1 aliphatic rings. The van der Waals surface area contributed by atoms with Crippen LogP contribution in [-0.4, -0.2) is 38.2 Å². The molecule has 0 heterocycles. The minimum atomic E-state index is -1.20. The zero-order chi connectivity index (χ0) is 23.5. The number of aliphatic hydroxyl groups is 1. The zero-order valence-corrected chi connectivity index (χ0v) is 18.5. The molecule has 0 aromatic heterocycles. The van der Waals surface area contributed by atoms with Crippen molar-refractivity contribution in [3.8, 4) is 17.2 Å². The van der Waals surface area contributed by atoms with E-state index in [1.807, 2.05) is 0 Å². The Bertz CT molecular complexity index is 1180. The smallest absolute Gasteiger partial charge is 0.310 e. The van der Waals surface area contributed by atoms with Crippen LogP contribution in [0.1, 0.15) is 44.8 Å². The number of methoxy groups -OCH3 is 3. The summed E-state index contributed by atoms with van der Waals surface area (Å²) in [6.45, 7) is 0. The molecule has 1 N–H and O–H groups in total. The number of rotatable bonds is 6. The van der Waals surface area contributed by atoms with Crippen molar-refractivity contribution in [1.29, 1.82) is 0 Å². The standard InChI is InChI=1S/C26H24O7/c1-30-20-12-15(13-21(31-2)26(20)32-3)14-22(27)33-25-19-11-7-6-10-18(19)23(28)16-8-4-5-9-17(16)24(25)29/h4-13,24-25,29H,14H2,1-3H3/t24-,25-/m0/s1. The lowest BCUT2D eigenvalue weighted by atomic mass is 9.98. The van der Waals surface area contributed by atoms with E-state index in [4.69, 9.17) is 18.9 Å². The first-order chi connectivity index (χ1) is 16.0. The molecule has 0 saturated carbocycles. The number of fused-ring (bicyclic) bond motifs is 2. The summed E-state index contributed by atoms with van der Waals surface area (Å²) in [5.41, 5.74) is 2.25. The van der Waals surface area contributed by atoms with Crippen LogP contribution < -0.4 is 14.2 Å². The summed E-state index contributed by atoms with van der Waals surface area (Å²) in [5, 5.41) is 11.1. The van der Waals surface area contributed by atoms with Crippen LogP contribution >= 0.6 is 0 Å². The average molecular weight is 448 g/mol. The van der Waals surface area contributed by atoms with Gasteiger partial charge in [-0.25, -0.2) is 0 Å². The first kappa shape index (κ1) is 22.4. The van der Waals surface area contributed by atoms with Crippen molar-refractivity contribution in [2.24, 2.45) is 0 Å². The Hall–Kier alpha value is -3.84. The molecule has 3 aromatic rings. The number of esters is 1. The third-order valence-corrected chi connectivity index (χ3v) is 5.65. The van der Waals surface area contributed by atoms with Crippen molar-refractivity contribution in [2.45, 2.75) is 18.6 Å². The Balaban J connectivity index is 1.67. The van der Waals surface area contributed by atoms with Crippen LogP contribution in [0.15, 0.2) is 60.7 Å². The predicted molar refractivity (Wildman–Crippen MR) is 120 cm³/mol. The Morgan fingerprint density at radius 2 is 1.39 bits per heavy atom. The van der Waals surface area contributed by atoms with Crippen LogP contribution in [0.3, 0.4) is 0 Å². The van der Waals surface area contributed by atoms with Crippen LogP contribution in [0.2, 0.25) is 0 Å². The lowest BCUT2D eigenvalue weighted by molar-refractivity contribution is -0.155. The number of ketones is 1. The van der Waals surface area contributed by atoms with E-state index >= 15 is 0 Å². The molecule has 0 fully saturated rings. The van der Waals surface area contributed by atoms with Crippen molar-refractivity contribution in [2.75, 3.05) is 21.3 Å². The second kappa shape index (κ2) is 9.34. The lowest BCUT2D eigenvalue weighted by Crippen LogP contribution is -2.20. The van der Waals surface area contributed by atoms with Gasteiger partial charge in [0.15, 0.2) is 23.4 Å². The van der Waals surface area contributed by atoms with Gasteiger partial charge in [0.1, 0.15) is 6.10 Å². The second-order valence-corrected chi connectivity index (χ2v) is 7.57. The van der Waals surface area contributed by atoms with Crippen LogP contribution in [0.5, 0.6) is 17.2 Å².